The molecule has 124 valence electrons. The number of benzene rings is 2. The second kappa shape index (κ2) is 6.25. The van der Waals surface area contributed by atoms with Gasteiger partial charge in [0.2, 0.25) is 0 Å². The van der Waals surface area contributed by atoms with Gasteiger partial charge in [0.1, 0.15) is 11.4 Å². The van der Waals surface area contributed by atoms with Crippen LogP contribution in [0.4, 0.5) is 0 Å². The number of aliphatic hydroxyl groups is 1. The van der Waals surface area contributed by atoms with Crippen molar-refractivity contribution < 1.29 is 14.6 Å². The molecule has 2 aromatic carbocycles. The molecule has 0 bridgehead atoms. The molecule has 1 N–H and O–H groups in total. The number of aryl methyl sites for hydroxylation is 2. The van der Waals surface area contributed by atoms with E-state index in [1.54, 1.807) is 13.8 Å². The summed E-state index contributed by atoms with van der Waals surface area (Å²) in [5.41, 5.74) is 0.556. The van der Waals surface area contributed by atoms with Crippen molar-refractivity contribution in [2.24, 2.45) is 0 Å². The second-order valence-electron chi connectivity index (χ2n) is 7.04. The van der Waals surface area contributed by atoms with Gasteiger partial charge in [-0.3, -0.25) is 0 Å². The van der Waals surface area contributed by atoms with E-state index in [0.29, 0.717) is 11.5 Å². The first-order valence-electron chi connectivity index (χ1n) is 7.85. The van der Waals surface area contributed by atoms with E-state index in [2.05, 4.69) is 6.07 Å². The van der Waals surface area contributed by atoms with E-state index < -0.39 is 11.2 Å². The van der Waals surface area contributed by atoms with Crippen LogP contribution in [0, 0.1) is 13.8 Å². The summed E-state index contributed by atoms with van der Waals surface area (Å²) in [4.78, 5) is 0. The lowest BCUT2D eigenvalue weighted by Gasteiger charge is -2.37. The molecule has 0 spiro atoms. The van der Waals surface area contributed by atoms with Gasteiger partial charge in [-0.15, -0.1) is 0 Å². The summed E-state index contributed by atoms with van der Waals surface area (Å²) < 4.78 is 12.1. The molecule has 2 rings (SSSR count). The van der Waals surface area contributed by atoms with Crippen molar-refractivity contribution in [1.82, 2.24) is 0 Å². The molecule has 0 unspecified atom stereocenters. The van der Waals surface area contributed by atoms with Gasteiger partial charge in [0.05, 0.1) is 5.60 Å². The SMILES string of the molecule is Cc1cc(C)cc(Oc2ccccc2OC(C)(C)C(C)(C)O)c1. The van der Waals surface area contributed by atoms with Crippen LogP contribution in [0.3, 0.4) is 0 Å². The lowest BCUT2D eigenvalue weighted by molar-refractivity contribution is -0.0912. The first-order chi connectivity index (χ1) is 10.6. The molecule has 2 aromatic rings. The molecule has 0 aromatic heterocycles. The maximum absolute atomic E-state index is 10.3. The first-order valence-corrected chi connectivity index (χ1v) is 7.85. The maximum Gasteiger partial charge on any atom is 0.169 e. The topological polar surface area (TPSA) is 38.7 Å². The van der Waals surface area contributed by atoms with Crippen LogP contribution in [0.5, 0.6) is 17.2 Å². The largest absolute Gasteiger partial charge is 0.481 e. The Morgan fingerprint density at radius 3 is 1.87 bits per heavy atom. The van der Waals surface area contributed by atoms with Crippen molar-refractivity contribution >= 4 is 0 Å². The van der Waals surface area contributed by atoms with Crippen LogP contribution in [-0.2, 0) is 0 Å². The molecule has 0 heterocycles. The van der Waals surface area contributed by atoms with Gasteiger partial charge in [-0.1, -0.05) is 18.2 Å². The second-order valence-corrected chi connectivity index (χ2v) is 7.04. The zero-order valence-corrected chi connectivity index (χ0v) is 14.8. The molecule has 3 heteroatoms. The van der Waals surface area contributed by atoms with E-state index in [-0.39, 0.29) is 0 Å². The third kappa shape index (κ3) is 4.26. The summed E-state index contributed by atoms with van der Waals surface area (Å²) in [6.45, 7) is 11.3. The molecule has 0 aliphatic heterocycles. The average Bonchev–Trinajstić information content (AvgIpc) is 2.38. The van der Waals surface area contributed by atoms with Crippen LogP contribution in [0.15, 0.2) is 42.5 Å². The van der Waals surface area contributed by atoms with Crippen molar-refractivity contribution in [3.05, 3.63) is 53.6 Å². The van der Waals surface area contributed by atoms with Gasteiger partial charge in [-0.25, -0.2) is 0 Å². The van der Waals surface area contributed by atoms with Crippen molar-refractivity contribution in [3.63, 3.8) is 0 Å². The van der Waals surface area contributed by atoms with E-state index in [4.69, 9.17) is 9.47 Å². The zero-order valence-electron chi connectivity index (χ0n) is 14.8. The van der Waals surface area contributed by atoms with Gasteiger partial charge in [0, 0.05) is 0 Å². The van der Waals surface area contributed by atoms with Crippen LogP contribution >= 0.6 is 0 Å². The Hall–Kier alpha value is -2.00. The molecule has 23 heavy (non-hydrogen) atoms. The summed E-state index contributed by atoms with van der Waals surface area (Å²) in [5.74, 6) is 2.02. The van der Waals surface area contributed by atoms with Gasteiger partial charge in [0.15, 0.2) is 11.5 Å². The van der Waals surface area contributed by atoms with Gasteiger partial charge in [-0.2, -0.15) is 0 Å². The quantitative estimate of drug-likeness (QED) is 0.841. The minimum absolute atomic E-state index is 0.610. The highest BCUT2D eigenvalue weighted by Gasteiger charge is 2.37. The zero-order chi connectivity index (χ0) is 17.3. The molecule has 0 aliphatic carbocycles. The van der Waals surface area contributed by atoms with E-state index in [9.17, 15) is 5.11 Å². The van der Waals surface area contributed by atoms with E-state index in [0.717, 1.165) is 16.9 Å². The first kappa shape index (κ1) is 17.4. The Morgan fingerprint density at radius 2 is 1.35 bits per heavy atom. The molecule has 0 aliphatic rings. The molecular formula is C20H26O3. The number of rotatable bonds is 5. The minimum atomic E-state index is -0.986. The van der Waals surface area contributed by atoms with Crippen molar-refractivity contribution in [3.8, 4) is 17.2 Å². The van der Waals surface area contributed by atoms with Crippen LogP contribution in [0.25, 0.3) is 0 Å². The molecule has 3 nitrogen and oxygen atoms in total. The fourth-order valence-corrected chi connectivity index (χ4v) is 2.14. The predicted octanol–water partition coefficient (Wildman–Crippen LogP) is 5.02. The van der Waals surface area contributed by atoms with Crippen molar-refractivity contribution in [2.45, 2.75) is 52.7 Å². The van der Waals surface area contributed by atoms with Gasteiger partial charge in [0.25, 0.3) is 0 Å². The summed E-state index contributed by atoms with van der Waals surface area (Å²) in [6.07, 6.45) is 0. The minimum Gasteiger partial charge on any atom is -0.481 e. The third-order valence-corrected chi connectivity index (χ3v) is 4.11. The number of hydrogen-bond donors (Lipinski definition) is 1. The monoisotopic (exact) mass is 314 g/mol. The Labute approximate surface area is 138 Å². The van der Waals surface area contributed by atoms with Gasteiger partial charge >= 0.3 is 0 Å². The highest BCUT2D eigenvalue weighted by molar-refractivity contribution is 5.44. The Bertz CT molecular complexity index is 661. The standard InChI is InChI=1S/C20H26O3/c1-14-11-15(2)13-16(12-14)22-17-9-7-8-10-18(17)23-20(5,6)19(3,4)21/h7-13,21H,1-6H3. The van der Waals surface area contributed by atoms with Crippen molar-refractivity contribution in [2.75, 3.05) is 0 Å². The van der Waals surface area contributed by atoms with E-state index in [1.807, 2.05) is 64.1 Å². The van der Waals surface area contributed by atoms with Crippen LogP contribution in [-0.4, -0.2) is 16.3 Å². The number of ether oxygens (including phenoxy) is 2. The Morgan fingerprint density at radius 1 is 0.826 bits per heavy atom. The summed E-state index contributed by atoms with van der Waals surface area (Å²) in [7, 11) is 0. The Balaban J connectivity index is 2.31. The van der Waals surface area contributed by atoms with Gasteiger partial charge < -0.3 is 14.6 Å². The third-order valence-electron chi connectivity index (χ3n) is 4.11. The summed E-state index contributed by atoms with van der Waals surface area (Å²) in [6, 6.07) is 13.6. The molecule has 0 saturated carbocycles. The highest BCUT2D eigenvalue weighted by Crippen LogP contribution is 2.36. The van der Waals surface area contributed by atoms with Crippen LogP contribution in [0.1, 0.15) is 38.8 Å². The smallest absolute Gasteiger partial charge is 0.169 e. The number of para-hydroxylation sites is 2. The van der Waals surface area contributed by atoms with Crippen LogP contribution < -0.4 is 9.47 Å². The highest BCUT2D eigenvalue weighted by atomic mass is 16.5. The molecule has 0 radical (unpaired) electrons. The molecule has 0 atom stereocenters. The van der Waals surface area contributed by atoms with Gasteiger partial charge in [-0.05, 0) is 76.9 Å². The van der Waals surface area contributed by atoms with E-state index >= 15 is 0 Å². The fourth-order valence-electron chi connectivity index (χ4n) is 2.14. The normalized spacial score (nSPS) is 12.1. The maximum atomic E-state index is 10.3. The van der Waals surface area contributed by atoms with Crippen molar-refractivity contribution in [1.29, 1.82) is 0 Å². The predicted molar refractivity (Wildman–Crippen MR) is 93.4 cm³/mol. The molecule has 0 fully saturated rings. The Kier molecular flexibility index (Phi) is 4.71. The number of hydrogen-bond acceptors (Lipinski definition) is 3. The molecular weight excluding hydrogens is 288 g/mol. The average molecular weight is 314 g/mol. The van der Waals surface area contributed by atoms with E-state index in [1.165, 1.54) is 0 Å². The summed E-state index contributed by atoms with van der Waals surface area (Å²) in [5, 5.41) is 10.3. The summed E-state index contributed by atoms with van der Waals surface area (Å²) >= 11 is 0. The lowest BCUT2D eigenvalue weighted by atomic mass is 9.89. The molecule has 0 saturated heterocycles. The van der Waals surface area contributed by atoms with Crippen LogP contribution in [0.2, 0.25) is 0 Å². The molecule has 0 amide bonds. The fraction of sp³-hybridized carbons (Fsp3) is 0.400. The lowest BCUT2D eigenvalue weighted by Crippen LogP contribution is -2.49.